The average Bonchev–Trinajstić information content (AvgIpc) is 2.38. The van der Waals surface area contributed by atoms with Crippen molar-refractivity contribution in [1.29, 1.82) is 0 Å². The van der Waals surface area contributed by atoms with Crippen molar-refractivity contribution >= 4 is 11.4 Å². The Morgan fingerprint density at radius 3 is 2.50 bits per heavy atom. The Kier molecular flexibility index (Phi) is 3.85. The molecule has 0 fully saturated rings. The molecule has 18 heavy (non-hydrogen) atoms. The maximum atomic E-state index is 8.89. The van der Waals surface area contributed by atoms with Crippen LogP contribution in [0.5, 0.6) is 0 Å². The SMILES string of the molecule is Cc1ccc(-c2cc(N)ccc2NCCO)cc1. The molecule has 4 N–H and O–H groups in total. The standard InChI is InChI=1S/C15H18N2O/c1-11-2-4-12(5-3-11)14-10-13(16)6-7-15(14)17-8-9-18/h2-7,10,17-18H,8-9,16H2,1H3. The van der Waals surface area contributed by atoms with Gasteiger partial charge in [-0.15, -0.1) is 0 Å². The van der Waals surface area contributed by atoms with Gasteiger partial charge in [-0.05, 0) is 30.7 Å². The van der Waals surface area contributed by atoms with Gasteiger partial charge >= 0.3 is 0 Å². The van der Waals surface area contributed by atoms with Gasteiger partial charge in [0.2, 0.25) is 0 Å². The summed E-state index contributed by atoms with van der Waals surface area (Å²) in [5, 5.41) is 12.1. The lowest BCUT2D eigenvalue weighted by Crippen LogP contribution is -2.06. The summed E-state index contributed by atoms with van der Waals surface area (Å²) in [5.74, 6) is 0. The largest absolute Gasteiger partial charge is 0.399 e. The van der Waals surface area contributed by atoms with E-state index in [0.29, 0.717) is 6.54 Å². The van der Waals surface area contributed by atoms with Gasteiger partial charge in [-0.2, -0.15) is 0 Å². The molecule has 0 unspecified atom stereocenters. The summed E-state index contributed by atoms with van der Waals surface area (Å²) in [4.78, 5) is 0. The highest BCUT2D eigenvalue weighted by atomic mass is 16.3. The molecule has 0 spiro atoms. The maximum absolute atomic E-state index is 8.89. The molecule has 0 saturated carbocycles. The minimum Gasteiger partial charge on any atom is -0.399 e. The predicted molar refractivity (Wildman–Crippen MR) is 76.6 cm³/mol. The third kappa shape index (κ3) is 2.81. The molecule has 0 radical (unpaired) electrons. The second kappa shape index (κ2) is 5.56. The first-order valence-corrected chi connectivity index (χ1v) is 6.02. The summed E-state index contributed by atoms with van der Waals surface area (Å²) in [7, 11) is 0. The van der Waals surface area contributed by atoms with E-state index < -0.39 is 0 Å². The first-order chi connectivity index (χ1) is 8.70. The zero-order valence-corrected chi connectivity index (χ0v) is 10.5. The Labute approximate surface area is 107 Å². The zero-order valence-electron chi connectivity index (χ0n) is 10.5. The fourth-order valence-electron chi connectivity index (χ4n) is 1.88. The molecular weight excluding hydrogens is 224 g/mol. The molecule has 3 heteroatoms. The first-order valence-electron chi connectivity index (χ1n) is 6.02. The highest BCUT2D eigenvalue weighted by Gasteiger charge is 2.05. The molecule has 2 rings (SSSR count). The molecule has 2 aromatic rings. The number of hydrogen-bond donors (Lipinski definition) is 3. The molecule has 0 bridgehead atoms. The number of aliphatic hydroxyl groups is 1. The molecule has 0 amide bonds. The Morgan fingerprint density at radius 2 is 1.83 bits per heavy atom. The van der Waals surface area contributed by atoms with Gasteiger partial charge in [-0.3, -0.25) is 0 Å². The van der Waals surface area contributed by atoms with E-state index >= 15 is 0 Å². The number of nitrogens with one attached hydrogen (secondary N) is 1. The average molecular weight is 242 g/mol. The summed E-state index contributed by atoms with van der Waals surface area (Å²) in [6, 6.07) is 14.1. The van der Waals surface area contributed by atoms with Gasteiger partial charge < -0.3 is 16.2 Å². The van der Waals surface area contributed by atoms with Gasteiger partial charge in [0.1, 0.15) is 0 Å². The van der Waals surface area contributed by atoms with Crippen LogP contribution in [0.2, 0.25) is 0 Å². The number of aliphatic hydroxyl groups excluding tert-OH is 1. The molecule has 0 aromatic heterocycles. The van der Waals surface area contributed by atoms with E-state index in [1.54, 1.807) is 0 Å². The second-order valence-corrected chi connectivity index (χ2v) is 4.32. The van der Waals surface area contributed by atoms with Crippen LogP contribution in [-0.4, -0.2) is 18.3 Å². The van der Waals surface area contributed by atoms with Gasteiger partial charge in [0.05, 0.1) is 6.61 Å². The van der Waals surface area contributed by atoms with Crippen LogP contribution >= 0.6 is 0 Å². The van der Waals surface area contributed by atoms with Crippen LogP contribution in [-0.2, 0) is 0 Å². The lowest BCUT2D eigenvalue weighted by atomic mass is 10.0. The maximum Gasteiger partial charge on any atom is 0.0604 e. The quantitative estimate of drug-likeness (QED) is 0.722. The van der Waals surface area contributed by atoms with E-state index in [1.807, 2.05) is 18.2 Å². The Bertz CT molecular complexity index is 521. The summed E-state index contributed by atoms with van der Waals surface area (Å²) in [6.45, 7) is 2.70. The molecule has 3 nitrogen and oxygen atoms in total. The van der Waals surface area contributed by atoms with Crippen molar-refractivity contribution < 1.29 is 5.11 Å². The molecular formula is C15H18N2O. The smallest absolute Gasteiger partial charge is 0.0604 e. The van der Waals surface area contributed by atoms with Crippen molar-refractivity contribution in [1.82, 2.24) is 0 Å². The molecule has 0 saturated heterocycles. The summed E-state index contributed by atoms with van der Waals surface area (Å²) in [5.41, 5.74) is 11.0. The normalized spacial score (nSPS) is 10.3. The molecule has 94 valence electrons. The fraction of sp³-hybridized carbons (Fsp3) is 0.200. The van der Waals surface area contributed by atoms with Gasteiger partial charge in [0.25, 0.3) is 0 Å². The number of hydrogen-bond acceptors (Lipinski definition) is 3. The lowest BCUT2D eigenvalue weighted by Gasteiger charge is -2.12. The number of nitrogen functional groups attached to an aromatic ring is 1. The molecule has 0 atom stereocenters. The fourth-order valence-corrected chi connectivity index (χ4v) is 1.88. The highest BCUT2D eigenvalue weighted by molar-refractivity contribution is 5.80. The van der Waals surface area contributed by atoms with Gasteiger partial charge in [-0.25, -0.2) is 0 Å². The van der Waals surface area contributed by atoms with Gasteiger partial charge in [-0.1, -0.05) is 29.8 Å². The van der Waals surface area contributed by atoms with Crippen molar-refractivity contribution in [2.45, 2.75) is 6.92 Å². The van der Waals surface area contributed by atoms with Crippen molar-refractivity contribution in [3.05, 3.63) is 48.0 Å². The first kappa shape index (κ1) is 12.5. The molecule has 2 aromatic carbocycles. The number of rotatable bonds is 4. The van der Waals surface area contributed by atoms with Crippen LogP contribution in [0.25, 0.3) is 11.1 Å². The molecule has 0 aliphatic heterocycles. The number of nitrogens with two attached hydrogens (primary N) is 1. The van der Waals surface area contributed by atoms with Crippen LogP contribution in [0.3, 0.4) is 0 Å². The van der Waals surface area contributed by atoms with Crippen molar-refractivity contribution in [2.75, 3.05) is 24.2 Å². The second-order valence-electron chi connectivity index (χ2n) is 4.32. The monoisotopic (exact) mass is 242 g/mol. The summed E-state index contributed by atoms with van der Waals surface area (Å²) >= 11 is 0. The topological polar surface area (TPSA) is 58.3 Å². The lowest BCUT2D eigenvalue weighted by molar-refractivity contribution is 0.311. The third-order valence-electron chi connectivity index (χ3n) is 2.83. The van der Waals surface area contributed by atoms with Crippen LogP contribution in [0.4, 0.5) is 11.4 Å². The molecule has 0 heterocycles. The third-order valence-corrected chi connectivity index (χ3v) is 2.83. The number of anilines is 2. The summed E-state index contributed by atoms with van der Waals surface area (Å²) in [6.07, 6.45) is 0. The van der Waals surface area contributed by atoms with Crippen molar-refractivity contribution in [3.8, 4) is 11.1 Å². The van der Waals surface area contributed by atoms with Crippen LogP contribution in [0, 0.1) is 6.92 Å². The van der Waals surface area contributed by atoms with E-state index in [0.717, 1.165) is 22.5 Å². The Balaban J connectivity index is 2.40. The van der Waals surface area contributed by atoms with Crippen LogP contribution in [0.1, 0.15) is 5.56 Å². The van der Waals surface area contributed by atoms with E-state index in [2.05, 4.69) is 36.5 Å². The minimum absolute atomic E-state index is 0.109. The summed E-state index contributed by atoms with van der Waals surface area (Å²) < 4.78 is 0. The highest BCUT2D eigenvalue weighted by Crippen LogP contribution is 2.30. The molecule has 0 aliphatic rings. The number of benzene rings is 2. The van der Waals surface area contributed by atoms with E-state index in [4.69, 9.17) is 10.8 Å². The van der Waals surface area contributed by atoms with Crippen LogP contribution < -0.4 is 11.1 Å². The predicted octanol–water partition coefficient (Wildman–Crippen LogP) is 2.65. The Hall–Kier alpha value is -2.00. The van der Waals surface area contributed by atoms with Crippen molar-refractivity contribution in [3.63, 3.8) is 0 Å². The van der Waals surface area contributed by atoms with E-state index in [1.165, 1.54) is 5.56 Å². The van der Waals surface area contributed by atoms with Crippen molar-refractivity contribution in [2.24, 2.45) is 0 Å². The van der Waals surface area contributed by atoms with Crippen LogP contribution in [0.15, 0.2) is 42.5 Å². The van der Waals surface area contributed by atoms with E-state index in [-0.39, 0.29) is 6.61 Å². The minimum atomic E-state index is 0.109. The Morgan fingerprint density at radius 1 is 1.11 bits per heavy atom. The van der Waals surface area contributed by atoms with Gasteiger partial charge in [0, 0.05) is 23.5 Å². The van der Waals surface area contributed by atoms with Gasteiger partial charge in [0.15, 0.2) is 0 Å². The number of aryl methyl sites for hydroxylation is 1. The zero-order chi connectivity index (χ0) is 13.0. The van der Waals surface area contributed by atoms with E-state index in [9.17, 15) is 0 Å². The molecule has 0 aliphatic carbocycles.